The van der Waals surface area contributed by atoms with Crippen LogP contribution in [0.25, 0.3) is 0 Å². The van der Waals surface area contributed by atoms with Crippen LogP contribution in [0.1, 0.15) is 0 Å². The molecule has 0 unspecified atom stereocenters. The second-order valence-electron chi connectivity index (χ2n) is 0. The van der Waals surface area contributed by atoms with E-state index in [1.54, 1.807) is 0 Å². The molecule has 0 aromatic rings. The van der Waals surface area contributed by atoms with Gasteiger partial charge in [-0.05, 0) is 0 Å². The first-order valence-corrected chi connectivity index (χ1v) is 2.04. The molecule has 0 aliphatic rings. The van der Waals surface area contributed by atoms with Gasteiger partial charge >= 0.3 is 18.6 Å². The van der Waals surface area contributed by atoms with Gasteiger partial charge in [0, 0.05) is 0 Å². The normalized spacial score (nSPS) is 2.73. The van der Waals surface area contributed by atoms with E-state index >= 15 is 0 Å². The van der Waals surface area contributed by atoms with Crippen molar-refractivity contribution in [1.29, 1.82) is 0 Å². The summed E-state index contributed by atoms with van der Waals surface area (Å²) < 4.78 is 0. The molecule has 0 radical (unpaired) electrons. The maximum absolute atomic E-state index is 8.25. The van der Waals surface area contributed by atoms with Crippen molar-refractivity contribution < 1.29 is 44.1 Å². The molecule has 0 N–H and O–H groups in total. The molecule has 0 heterocycles. The van der Waals surface area contributed by atoms with Gasteiger partial charge in [0.2, 0.25) is 0 Å². The van der Waals surface area contributed by atoms with E-state index in [0.717, 1.165) is 35.5 Å². The Balaban J connectivity index is -0.00000000694. The molecule has 0 fully saturated rings. The zero-order valence-corrected chi connectivity index (χ0v) is 8.89. The van der Waals surface area contributed by atoms with Gasteiger partial charge in [-0.1, -0.05) is 0 Å². The Morgan fingerprint density at radius 3 is 0.364 bits per heavy atom. The molecular formula is C5H15O5V. The van der Waals surface area contributed by atoms with E-state index in [1.165, 1.54) is 0 Å². The molecule has 0 spiro atoms. The van der Waals surface area contributed by atoms with Crippen molar-refractivity contribution >= 4 is 0 Å². The molecule has 0 saturated carbocycles. The maximum Gasteiger partial charge on any atom is 5.00 e. The van der Waals surface area contributed by atoms with Crippen molar-refractivity contribution in [2.75, 3.05) is 35.5 Å². The van der Waals surface area contributed by atoms with Gasteiger partial charge < -0.3 is 25.5 Å². The molecule has 0 amide bonds. The molecular weight excluding hydrogens is 191 g/mol. The molecule has 6 heteroatoms. The minimum absolute atomic E-state index is 0. The van der Waals surface area contributed by atoms with Crippen LogP contribution in [-0.4, -0.2) is 35.5 Å². The van der Waals surface area contributed by atoms with Crippen molar-refractivity contribution in [3.05, 3.63) is 0 Å². The Hall–Kier alpha value is 0.384. The van der Waals surface area contributed by atoms with Crippen molar-refractivity contribution in [2.24, 2.45) is 0 Å². The number of rotatable bonds is 0. The fourth-order valence-electron chi connectivity index (χ4n) is 0. The van der Waals surface area contributed by atoms with Gasteiger partial charge in [0.05, 0.1) is 0 Å². The van der Waals surface area contributed by atoms with Crippen LogP contribution in [0.3, 0.4) is 0 Å². The molecule has 5 nitrogen and oxygen atoms in total. The smallest absolute Gasteiger partial charge is 0.857 e. The van der Waals surface area contributed by atoms with E-state index in [1.807, 2.05) is 0 Å². The fourth-order valence-corrected chi connectivity index (χ4v) is 0. The minimum Gasteiger partial charge on any atom is -0.857 e. The Kier molecular flexibility index (Phi) is 23800. The van der Waals surface area contributed by atoms with Crippen LogP contribution in [0.5, 0.6) is 0 Å². The van der Waals surface area contributed by atoms with Crippen LogP contribution >= 0.6 is 0 Å². The molecule has 0 saturated heterocycles. The van der Waals surface area contributed by atoms with Crippen molar-refractivity contribution in [3.8, 4) is 0 Å². The van der Waals surface area contributed by atoms with Gasteiger partial charge in [0.15, 0.2) is 0 Å². The average molecular weight is 206 g/mol. The molecule has 0 aromatic carbocycles. The quantitative estimate of drug-likeness (QED) is 0.393. The first kappa shape index (κ1) is 42.3. The van der Waals surface area contributed by atoms with Crippen molar-refractivity contribution in [1.82, 2.24) is 0 Å². The first-order chi connectivity index (χ1) is 5.00. The summed E-state index contributed by atoms with van der Waals surface area (Å²) in [6, 6.07) is 0. The summed E-state index contributed by atoms with van der Waals surface area (Å²) in [4.78, 5) is 0. The van der Waals surface area contributed by atoms with Gasteiger partial charge in [-0.15, -0.1) is 0 Å². The van der Waals surface area contributed by atoms with Crippen LogP contribution in [0.4, 0.5) is 0 Å². The minimum atomic E-state index is 0. The molecule has 11 heavy (non-hydrogen) atoms. The van der Waals surface area contributed by atoms with E-state index in [0.29, 0.717) is 0 Å². The summed E-state index contributed by atoms with van der Waals surface area (Å²) in [7, 11) is 3.75. The summed E-state index contributed by atoms with van der Waals surface area (Å²) in [5.74, 6) is 0. The Bertz CT molecular complexity index is 14.8. The molecule has 0 aliphatic heterocycles. The van der Waals surface area contributed by atoms with E-state index in [2.05, 4.69) is 0 Å². The maximum atomic E-state index is 8.25. The standard InChI is InChI=1S/5CH3O.V/c5*1-2;/h5*1H3;/q5*-1;+5. The first-order valence-electron chi connectivity index (χ1n) is 2.04. The third-order valence-corrected chi connectivity index (χ3v) is 0. The average Bonchev–Trinajstić information content (AvgIpc) is 2.20. The van der Waals surface area contributed by atoms with E-state index in [-0.39, 0.29) is 18.6 Å². The Morgan fingerprint density at radius 1 is 0.364 bits per heavy atom. The topological polar surface area (TPSA) is 115 Å². The van der Waals surface area contributed by atoms with Crippen molar-refractivity contribution in [2.45, 2.75) is 0 Å². The van der Waals surface area contributed by atoms with Gasteiger partial charge in [-0.3, -0.25) is 0 Å². The van der Waals surface area contributed by atoms with Crippen LogP contribution in [0.2, 0.25) is 0 Å². The zero-order valence-electron chi connectivity index (χ0n) is 7.49. The van der Waals surface area contributed by atoms with Gasteiger partial charge in [-0.2, -0.15) is 35.5 Å². The summed E-state index contributed by atoms with van der Waals surface area (Å²) >= 11 is 0. The summed E-state index contributed by atoms with van der Waals surface area (Å²) in [6.45, 7) is 0. The van der Waals surface area contributed by atoms with Gasteiger partial charge in [-0.25, -0.2) is 0 Å². The van der Waals surface area contributed by atoms with E-state index < -0.39 is 0 Å². The third kappa shape index (κ3) is 4940. The van der Waals surface area contributed by atoms with E-state index in [9.17, 15) is 0 Å². The SMILES string of the molecule is C[O-].C[O-].C[O-].C[O-].C[O-].[V+5]. The predicted molar refractivity (Wildman–Crippen MR) is 29.6 cm³/mol. The Labute approximate surface area is 80.2 Å². The molecule has 0 aliphatic carbocycles. The summed E-state index contributed by atoms with van der Waals surface area (Å²) in [5, 5.41) is 41.2. The molecule has 0 aromatic heterocycles. The summed E-state index contributed by atoms with van der Waals surface area (Å²) in [5.41, 5.74) is 0. The van der Waals surface area contributed by atoms with E-state index in [4.69, 9.17) is 25.5 Å². The fraction of sp³-hybridized carbons (Fsp3) is 1.00. The van der Waals surface area contributed by atoms with Crippen LogP contribution < -0.4 is 25.5 Å². The Morgan fingerprint density at radius 2 is 0.364 bits per heavy atom. The van der Waals surface area contributed by atoms with Crippen LogP contribution in [0.15, 0.2) is 0 Å². The second-order valence-corrected chi connectivity index (χ2v) is 0. The van der Waals surface area contributed by atoms with Crippen LogP contribution in [-0.2, 0) is 18.6 Å². The van der Waals surface area contributed by atoms with Gasteiger partial charge in [0.1, 0.15) is 0 Å². The second kappa shape index (κ2) is 6190. The molecule has 0 bridgehead atoms. The predicted octanol–water partition coefficient (Wildman–Crippen LogP) is -5.12. The van der Waals surface area contributed by atoms with Gasteiger partial charge in [0.25, 0.3) is 0 Å². The third-order valence-electron chi connectivity index (χ3n) is 0. The zero-order chi connectivity index (χ0) is 10.0. The van der Waals surface area contributed by atoms with Crippen molar-refractivity contribution in [3.63, 3.8) is 0 Å². The molecule has 0 rings (SSSR count). The largest absolute Gasteiger partial charge is 5.00 e. The number of hydrogen-bond donors (Lipinski definition) is 0. The molecule has 70 valence electrons. The van der Waals surface area contributed by atoms with Crippen LogP contribution in [0, 0.1) is 0 Å². The molecule has 0 atom stereocenters. The number of hydrogen-bond acceptors (Lipinski definition) is 5. The monoisotopic (exact) mass is 206 g/mol. The summed E-state index contributed by atoms with van der Waals surface area (Å²) in [6.07, 6.45) is 0.